The number of Topliss-reactive ketones (excluding diaryl/α,β-unsaturated/α-hetero) is 1. The van der Waals surface area contributed by atoms with Crippen LogP contribution in [0.4, 0.5) is 0 Å². The fourth-order valence-electron chi connectivity index (χ4n) is 1.26. The molecule has 0 radical (unpaired) electrons. The van der Waals surface area contributed by atoms with E-state index in [2.05, 4.69) is 0 Å². The fraction of sp³-hybridized carbons (Fsp3) is 0.417. The molecule has 0 fully saturated rings. The van der Waals surface area contributed by atoms with Gasteiger partial charge in [-0.2, -0.15) is 0 Å². The van der Waals surface area contributed by atoms with Gasteiger partial charge in [-0.3, -0.25) is 4.79 Å². The molecule has 0 bridgehead atoms. The summed E-state index contributed by atoms with van der Waals surface area (Å²) in [5.74, 6) is 1.10. The highest BCUT2D eigenvalue weighted by Gasteiger charge is 2.01. The molecule has 76 valence electrons. The highest BCUT2D eigenvalue weighted by atomic mass is 16.5. The molecule has 0 aliphatic rings. The lowest BCUT2D eigenvalue weighted by molar-refractivity contribution is -0.118. The summed E-state index contributed by atoms with van der Waals surface area (Å²) < 4.78 is 5.35. The van der Waals surface area contributed by atoms with Crippen LogP contribution < -0.4 is 4.74 Å². The molecule has 0 saturated heterocycles. The maximum Gasteiger partial charge on any atom is 0.136 e. The molecule has 0 unspecified atom stereocenters. The lowest BCUT2D eigenvalue weighted by Gasteiger charge is -2.04. The van der Waals surface area contributed by atoms with E-state index < -0.39 is 0 Å². The molecule has 2 nitrogen and oxygen atoms in total. The third kappa shape index (κ3) is 3.21. The summed E-state index contributed by atoms with van der Waals surface area (Å²) >= 11 is 0. The Morgan fingerprint density at radius 2 is 2.14 bits per heavy atom. The van der Waals surface area contributed by atoms with Crippen molar-refractivity contribution in [3.63, 3.8) is 0 Å². The van der Waals surface area contributed by atoms with Gasteiger partial charge in [0.25, 0.3) is 0 Å². The number of benzene rings is 1. The first-order valence-electron chi connectivity index (χ1n) is 4.99. The first-order chi connectivity index (χ1) is 6.76. The van der Waals surface area contributed by atoms with E-state index in [1.54, 1.807) is 0 Å². The van der Waals surface area contributed by atoms with Crippen LogP contribution in [0.15, 0.2) is 24.3 Å². The lowest BCUT2D eigenvalue weighted by Crippen LogP contribution is -2.00. The van der Waals surface area contributed by atoms with Crippen molar-refractivity contribution < 1.29 is 9.53 Å². The zero-order valence-electron chi connectivity index (χ0n) is 8.75. The van der Waals surface area contributed by atoms with E-state index in [-0.39, 0.29) is 5.78 Å². The second-order valence-corrected chi connectivity index (χ2v) is 3.15. The standard InChI is InChI=1S/C12H16O2/c1-3-11(13)8-10-6-5-7-12(9-10)14-4-2/h5-7,9H,3-4,8H2,1-2H3. The summed E-state index contributed by atoms with van der Waals surface area (Å²) in [7, 11) is 0. The second-order valence-electron chi connectivity index (χ2n) is 3.15. The molecule has 0 heterocycles. The number of hydrogen-bond acceptors (Lipinski definition) is 2. The average Bonchev–Trinajstić information content (AvgIpc) is 2.19. The highest BCUT2D eigenvalue weighted by Crippen LogP contribution is 2.14. The van der Waals surface area contributed by atoms with E-state index in [0.29, 0.717) is 19.4 Å². The summed E-state index contributed by atoms with van der Waals surface area (Å²) in [6, 6.07) is 7.71. The third-order valence-corrected chi connectivity index (χ3v) is 2.01. The van der Waals surface area contributed by atoms with Crippen LogP contribution in [0.3, 0.4) is 0 Å². The van der Waals surface area contributed by atoms with Crippen LogP contribution in [0.5, 0.6) is 5.75 Å². The van der Waals surface area contributed by atoms with Gasteiger partial charge in [0.15, 0.2) is 0 Å². The van der Waals surface area contributed by atoms with Crippen LogP contribution in [0, 0.1) is 0 Å². The average molecular weight is 192 g/mol. The van der Waals surface area contributed by atoms with Crippen LogP contribution in [0.2, 0.25) is 0 Å². The lowest BCUT2D eigenvalue weighted by atomic mass is 10.1. The number of hydrogen-bond donors (Lipinski definition) is 0. The van der Waals surface area contributed by atoms with Crippen molar-refractivity contribution in [1.82, 2.24) is 0 Å². The number of carbonyl (C=O) groups excluding carboxylic acids is 1. The highest BCUT2D eigenvalue weighted by molar-refractivity contribution is 5.80. The minimum Gasteiger partial charge on any atom is -0.494 e. The predicted octanol–water partition coefficient (Wildman–Crippen LogP) is 2.61. The molecule has 0 spiro atoms. The van der Waals surface area contributed by atoms with Gasteiger partial charge in [0.1, 0.15) is 11.5 Å². The van der Waals surface area contributed by atoms with Crippen molar-refractivity contribution in [1.29, 1.82) is 0 Å². The maximum atomic E-state index is 11.2. The summed E-state index contributed by atoms with van der Waals surface area (Å²) in [6.07, 6.45) is 1.11. The molecule has 0 atom stereocenters. The topological polar surface area (TPSA) is 26.3 Å². The third-order valence-electron chi connectivity index (χ3n) is 2.01. The Morgan fingerprint density at radius 3 is 2.79 bits per heavy atom. The maximum absolute atomic E-state index is 11.2. The Balaban J connectivity index is 2.68. The van der Waals surface area contributed by atoms with Gasteiger partial charge in [-0.1, -0.05) is 19.1 Å². The summed E-state index contributed by atoms with van der Waals surface area (Å²) in [6.45, 7) is 4.49. The van der Waals surface area contributed by atoms with E-state index in [4.69, 9.17) is 4.74 Å². The molecule has 1 rings (SSSR count). The molecule has 1 aromatic carbocycles. The molecule has 0 amide bonds. The minimum atomic E-state index is 0.263. The summed E-state index contributed by atoms with van der Waals surface area (Å²) in [5, 5.41) is 0. The van der Waals surface area contributed by atoms with Gasteiger partial charge in [-0.05, 0) is 24.6 Å². The Morgan fingerprint density at radius 1 is 1.36 bits per heavy atom. The monoisotopic (exact) mass is 192 g/mol. The molecular formula is C12H16O2. The Bertz CT molecular complexity index is 305. The van der Waals surface area contributed by atoms with E-state index in [1.165, 1.54) is 0 Å². The van der Waals surface area contributed by atoms with Crippen LogP contribution >= 0.6 is 0 Å². The van der Waals surface area contributed by atoms with E-state index in [0.717, 1.165) is 11.3 Å². The van der Waals surface area contributed by atoms with E-state index in [1.807, 2.05) is 38.1 Å². The number of ketones is 1. The van der Waals surface area contributed by atoms with Crippen molar-refractivity contribution in [2.75, 3.05) is 6.61 Å². The number of rotatable bonds is 5. The molecular weight excluding hydrogens is 176 g/mol. The Hall–Kier alpha value is -1.31. The second kappa shape index (κ2) is 5.43. The molecule has 0 saturated carbocycles. The van der Waals surface area contributed by atoms with Crippen LogP contribution in [-0.4, -0.2) is 12.4 Å². The van der Waals surface area contributed by atoms with Crippen LogP contribution in [0.1, 0.15) is 25.8 Å². The van der Waals surface area contributed by atoms with E-state index >= 15 is 0 Å². The van der Waals surface area contributed by atoms with Gasteiger partial charge in [0, 0.05) is 12.8 Å². The van der Waals surface area contributed by atoms with Gasteiger partial charge in [0.05, 0.1) is 6.61 Å². The molecule has 2 heteroatoms. The summed E-state index contributed by atoms with van der Waals surface area (Å²) in [5.41, 5.74) is 1.03. The van der Waals surface area contributed by atoms with E-state index in [9.17, 15) is 4.79 Å². The number of carbonyl (C=O) groups is 1. The van der Waals surface area contributed by atoms with Crippen LogP contribution in [0.25, 0.3) is 0 Å². The fourth-order valence-corrected chi connectivity index (χ4v) is 1.26. The largest absolute Gasteiger partial charge is 0.494 e. The Labute approximate surface area is 84.9 Å². The molecule has 14 heavy (non-hydrogen) atoms. The molecule has 1 aromatic rings. The Kier molecular flexibility index (Phi) is 4.17. The molecule has 0 aromatic heterocycles. The van der Waals surface area contributed by atoms with Crippen LogP contribution in [-0.2, 0) is 11.2 Å². The smallest absolute Gasteiger partial charge is 0.136 e. The van der Waals surface area contributed by atoms with Gasteiger partial charge < -0.3 is 4.74 Å². The summed E-state index contributed by atoms with van der Waals surface area (Å²) in [4.78, 5) is 11.2. The minimum absolute atomic E-state index is 0.263. The van der Waals surface area contributed by atoms with Gasteiger partial charge in [-0.15, -0.1) is 0 Å². The molecule has 0 aliphatic carbocycles. The van der Waals surface area contributed by atoms with Crippen molar-refractivity contribution in [3.8, 4) is 5.75 Å². The zero-order valence-corrected chi connectivity index (χ0v) is 8.75. The van der Waals surface area contributed by atoms with Gasteiger partial charge >= 0.3 is 0 Å². The SMILES string of the molecule is CCOc1cccc(CC(=O)CC)c1. The molecule has 0 aliphatic heterocycles. The van der Waals surface area contributed by atoms with Crippen molar-refractivity contribution >= 4 is 5.78 Å². The normalized spacial score (nSPS) is 9.86. The predicted molar refractivity (Wildman–Crippen MR) is 56.6 cm³/mol. The number of ether oxygens (including phenoxy) is 1. The first-order valence-corrected chi connectivity index (χ1v) is 4.99. The molecule has 0 N–H and O–H groups in total. The van der Waals surface area contributed by atoms with Gasteiger partial charge in [-0.25, -0.2) is 0 Å². The van der Waals surface area contributed by atoms with Gasteiger partial charge in [0.2, 0.25) is 0 Å². The van der Waals surface area contributed by atoms with Crippen molar-refractivity contribution in [3.05, 3.63) is 29.8 Å². The van der Waals surface area contributed by atoms with Crippen molar-refractivity contribution in [2.45, 2.75) is 26.7 Å². The quantitative estimate of drug-likeness (QED) is 0.716. The van der Waals surface area contributed by atoms with Crippen molar-refractivity contribution in [2.24, 2.45) is 0 Å². The first kappa shape index (κ1) is 10.8. The zero-order chi connectivity index (χ0) is 10.4.